The van der Waals surface area contributed by atoms with E-state index in [1.807, 2.05) is 32.6 Å². The van der Waals surface area contributed by atoms with Gasteiger partial charge in [0.2, 0.25) is 0 Å². The maximum absolute atomic E-state index is 13.0. The Hall–Kier alpha value is -1.23. The van der Waals surface area contributed by atoms with Crippen molar-refractivity contribution < 1.29 is 18.3 Å². The van der Waals surface area contributed by atoms with E-state index in [1.54, 1.807) is 13.1 Å². The number of rotatable bonds is 3. The Labute approximate surface area is 118 Å². The molecule has 0 aromatic heterocycles. The highest BCUT2D eigenvalue weighted by atomic mass is 19.4. The minimum atomic E-state index is -4.46. The molecule has 2 nitrogen and oxygen atoms in total. The van der Waals surface area contributed by atoms with Gasteiger partial charge in [0, 0.05) is 18.8 Å². The zero-order chi connectivity index (χ0) is 15.7. The molecule has 0 amide bonds. The number of benzene rings is 1. The Morgan fingerprint density at radius 3 is 2.15 bits per heavy atom. The summed E-state index contributed by atoms with van der Waals surface area (Å²) in [6, 6.07) is 4.13. The molecule has 0 saturated heterocycles. The molecule has 1 aromatic rings. The van der Waals surface area contributed by atoms with E-state index in [1.165, 1.54) is 6.07 Å². The minimum Gasteiger partial charge on any atom is -0.392 e. The molecule has 0 heterocycles. The predicted molar refractivity (Wildman–Crippen MR) is 74.7 cm³/mol. The molecule has 1 rings (SSSR count). The summed E-state index contributed by atoms with van der Waals surface area (Å²) < 4.78 is 39.0. The molecule has 114 valence electrons. The van der Waals surface area contributed by atoms with Crippen molar-refractivity contribution in [1.29, 1.82) is 0 Å². The van der Waals surface area contributed by atoms with Gasteiger partial charge in [-0.05, 0) is 30.0 Å². The predicted octanol–water partition coefficient (Wildman–Crippen LogP) is 4.07. The van der Waals surface area contributed by atoms with Gasteiger partial charge in [-0.25, -0.2) is 0 Å². The third-order valence-electron chi connectivity index (χ3n) is 3.81. The molecular formula is C15H22F3NO. The normalized spacial score (nSPS) is 14.2. The fourth-order valence-electron chi connectivity index (χ4n) is 1.99. The lowest BCUT2D eigenvalue weighted by atomic mass is 9.87. The molecule has 0 fully saturated rings. The highest BCUT2D eigenvalue weighted by Crippen LogP contribution is 2.36. The van der Waals surface area contributed by atoms with Crippen LogP contribution in [-0.4, -0.2) is 18.2 Å². The number of nitrogens with zero attached hydrogens (tertiary/aromatic N) is 1. The van der Waals surface area contributed by atoms with Gasteiger partial charge in [0.05, 0.1) is 12.2 Å². The van der Waals surface area contributed by atoms with Crippen LogP contribution in [0, 0.1) is 5.41 Å². The number of aliphatic hydroxyl groups excluding tert-OH is 1. The van der Waals surface area contributed by atoms with Crippen molar-refractivity contribution in [2.24, 2.45) is 5.41 Å². The zero-order valence-electron chi connectivity index (χ0n) is 12.5. The van der Waals surface area contributed by atoms with Crippen LogP contribution in [0.4, 0.5) is 18.9 Å². The zero-order valence-corrected chi connectivity index (χ0v) is 12.5. The van der Waals surface area contributed by atoms with Gasteiger partial charge in [-0.3, -0.25) is 0 Å². The molecule has 0 aliphatic carbocycles. The number of aliphatic hydroxyl groups is 1. The molecule has 0 radical (unpaired) electrons. The summed E-state index contributed by atoms with van der Waals surface area (Å²) in [5, 5.41) is 9.04. The smallest absolute Gasteiger partial charge is 0.392 e. The van der Waals surface area contributed by atoms with E-state index in [9.17, 15) is 13.2 Å². The SMILES string of the molecule is CC(N(C)c1ccc(CO)c(C(F)(F)F)c1)C(C)(C)C. The van der Waals surface area contributed by atoms with Crippen LogP contribution in [0.15, 0.2) is 18.2 Å². The van der Waals surface area contributed by atoms with Crippen LogP contribution in [0.3, 0.4) is 0 Å². The van der Waals surface area contributed by atoms with E-state index in [-0.39, 0.29) is 17.0 Å². The first kappa shape index (κ1) is 16.8. The second-order valence-electron chi connectivity index (χ2n) is 6.15. The summed E-state index contributed by atoms with van der Waals surface area (Å²) in [5.41, 5.74) is -0.427. The van der Waals surface area contributed by atoms with E-state index >= 15 is 0 Å². The molecule has 1 aromatic carbocycles. The lowest BCUT2D eigenvalue weighted by molar-refractivity contribution is -0.138. The average Bonchev–Trinajstić information content (AvgIpc) is 2.34. The van der Waals surface area contributed by atoms with Crippen molar-refractivity contribution in [3.8, 4) is 0 Å². The first-order valence-electron chi connectivity index (χ1n) is 6.52. The van der Waals surface area contributed by atoms with Gasteiger partial charge in [-0.1, -0.05) is 26.8 Å². The summed E-state index contributed by atoms with van der Waals surface area (Å²) in [6.45, 7) is 7.49. The first-order chi connectivity index (χ1) is 8.98. The summed E-state index contributed by atoms with van der Waals surface area (Å²) in [4.78, 5) is 1.83. The Kier molecular flexibility index (Phi) is 4.74. The lowest BCUT2D eigenvalue weighted by Crippen LogP contribution is -2.39. The van der Waals surface area contributed by atoms with Gasteiger partial charge < -0.3 is 10.0 Å². The van der Waals surface area contributed by atoms with Crippen LogP contribution in [0.2, 0.25) is 0 Å². The fourth-order valence-corrected chi connectivity index (χ4v) is 1.99. The van der Waals surface area contributed by atoms with Gasteiger partial charge in [0.1, 0.15) is 0 Å². The Morgan fingerprint density at radius 1 is 1.20 bits per heavy atom. The van der Waals surface area contributed by atoms with Crippen molar-refractivity contribution >= 4 is 5.69 Å². The van der Waals surface area contributed by atoms with Crippen LogP contribution < -0.4 is 4.90 Å². The minimum absolute atomic E-state index is 0.0528. The summed E-state index contributed by atoms with van der Waals surface area (Å²) >= 11 is 0. The third-order valence-corrected chi connectivity index (χ3v) is 3.81. The fraction of sp³-hybridized carbons (Fsp3) is 0.600. The van der Waals surface area contributed by atoms with Crippen molar-refractivity contribution in [2.45, 2.75) is 46.5 Å². The molecular weight excluding hydrogens is 267 g/mol. The molecule has 0 saturated carbocycles. The van der Waals surface area contributed by atoms with Crippen LogP contribution in [-0.2, 0) is 12.8 Å². The van der Waals surface area contributed by atoms with E-state index in [0.29, 0.717) is 5.69 Å². The molecule has 1 N–H and O–H groups in total. The van der Waals surface area contributed by atoms with Gasteiger partial charge >= 0.3 is 6.18 Å². The Bertz CT molecular complexity index is 463. The van der Waals surface area contributed by atoms with Gasteiger partial charge in [-0.2, -0.15) is 13.2 Å². The lowest BCUT2D eigenvalue weighted by Gasteiger charge is -2.37. The third kappa shape index (κ3) is 3.66. The van der Waals surface area contributed by atoms with Crippen molar-refractivity contribution in [2.75, 3.05) is 11.9 Å². The van der Waals surface area contributed by atoms with Gasteiger partial charge in [0.25, 0.3) is 0 Å². The van der Waals surface area contributed by atoms with Gasteiger partial charge in [-0.15, -0.1) is 0 Å². The van der Waals surface area contributed by atoms with Crippen LogP contribution >= 0.6 is 0 Å². The number of hydrogen-bond donors (Lipinski definition) is 1. The Balaban J connectivity index is 3.22. The quantitative estimate of drug-likeness (QED) is 0.906. The Morgan fingerprint density at radius 2 is 1.75 bits per heavy atom. The van der Waals surface area contributed by atoms with E-state index in [4.69, 9.17) is 5.11 Å². The second kappa shape index (κ2) is 5.64. The number of anilines is 1. The standard InChI is InChI=1S/C15H22F3NO/c1-10(14(2,3)4)19(5)12-7-6-11(9-20)13(8-12)15(16,17)18/h6-8,10,20H,9H2,1-5H3. The monoisotopic (exact) mass is 289 g/mol. The van der Waals surface area contributed by atoms with Crippen molar-refractivity contribution in [1.82, 2.24) is 0 Å². The van der Waals surface area contributed by atoms with E-state index in [0.717, 1.165) is 6.07 Å². The van der Waals surface area contributed by atoms with Crippen molar-refractivity contribution in [3.63, 3.8) is 0 Å². The van der Waals surface area contributed by atoms with Gasteiger partial charge in [0.15, 0.2) is 0 Å². The molecule has 0 spiro atoms. The average molecular weight is 289 g/mol. The number of alkyl halides is 3. The summed E-state index contributed by atoms with van der Waals surface area (Å²) in [5.74, 6) is 0. The maximum Gasteiger partial charge on any atom is 0.416 e. The topological polar surface area (TPSA) is 23.5 Å². The van der Waals surface area contributed by atoms with Crippen LogP contribution in [0.5, 0.6) is 0 Å². The van der Waals surface area contributed by atoms with Crippen LogP contribution in [0.25, 0.3) is 0 Å². The highest BCUT2D eigenvalue weighted by molar-refractivity contribution is 5.52. The first-order valence-corrected chi connectivity index (χ1v) is 6.52. The largest absolute Gasteiger partial charge is 0.416 e. The molecule has 20 heavy (non-hydrogen) atoms. The summed E-state index contributed by atoms with van der Waals surface area (Å²) in [6.07, 6.45) is -4.46. The molecule has 0 aliphatic heterocycles. The molecule has 0 bridgehead atoms. The highest BCUT2D eigenvalue weighted by Gasteiger charge is 2.34. The van der Waals surface area contributed by atoms with E-state index < -0.39 is 18.3 Å². The molecule has 1 atom stereocenters. The number of halogens is 3. The second-order valence-corrected chi connectivity index (χ2v) is 6.15. The maximum atomic E-state index is 13.0. The summed E-state index contributed by atoms with van der Waals surface area (Å²) in [7, 11) is 1.78. The van der Waals surface area contributed by atoms with E-state index in [2.05, 4.69) is 0 Å². The molecule has 0 aliphatic rings. The van der Waals surface area contributed by atoms with Crippen molar-refractivity contribution in [3.05, 3.63) is 29.3 Å². The molecule has 5 heteroatoms. The number of hydrogen-bond acceptors (Lipinski definition) is 2. The molecule has 1 unspecified atom stereocenters. The van der Waals surface area contributed by atoms with Crippen LogP contribution in [0.1, 0.15) is 38.8 Å².